The Morgan fingerprint density at radius 2 is 1.89 bits per heavy atom. The largest absolute Gasteiger partial charge is 0.373 e. The first-order chi connectivity index (χ1) is 8.63. The van der Waals surface area contributed by atoms with Gasteiger partial charge in [0.15, 0.2) is 0 Å². The number of ether oxygens (including phenoxy) is 1. The zero-order chi connectivity index (χ0) is 13.0. The zero-order valence-corrected chi connectivity index (χ0v) is 11.7. The van der Waals surface area contributed by atoms with Gasteiger partial charge in [-0.3, -0.25) is 4.90 Å². The van der Waals surface area contributed by atoms with Gasteiger partial charge in [0.05, 0.1) is 12.2 Å². The molecule has 18 heavy (non-hydrogen) atoms. The monoisotopic (exact) mass is 265 g/mol. The summed E-state index contributed by atoms with van der Waals surface area (Å²) in [4.78, 5) is 2.35. The Morgan fingerprint density at radius 1 is 1.28 bits per heavy atom. The van der Waals surface area contributed by atoms with Crippen molar-refractivity contribution in [2.45, 2.75) is 26.1 Å². The first-order valence-electron chi connectivity index (χ1n) is 6.42. The second-order valence-corrected chi connectivity index (χ2v) is 5.44. The van der Waals surface area contributed by atoms with E-state index in [1.54, 1.807) is 0 Å². The molecule has 2 nitrogen and oxygen atoms in total. The molecule has 1 saturated heterocycles. The molecule has 0 bridgehead atoms. The highest BCUT2D eigenvalue weighted by Crippen LogP contribution is 2.16. The minimum atomic E-state index is 0.287. The molecule has 1 aromatic carbocycles. The molecule has 2 atom stereocenters. The molecule has 0 saturated carbocycles. The van der Waals surface area contributed by atoms with Gasteiger partial charge in [0.25, 0.3) is 0 Å². The van der Waals surface area contributed by atoms with E-state index < -0.39 is 0 Å². The van der Waals surface area contributed by atoms with E-state index in [2.05, 4.69) is 30.9 Å². The van der Waals surface area contributed by atoms with Crippen LogP contribution in [0.2, 0.25) is 0 Å². The lowest BCUT2D eigenvalue weighted by molar-refractivity contribution is -0.0648. The molecule has 0 spiro atoms. The average Bonchev–Trinajstić information content (AvgIpc) is 2.28. The van der Waals surface area contributed by atoms with Crippen LogP contribution in [0.1, 0.15) is 19.4 Å². The standard InChI is InChI=1S/C15H20ClNO/c1-12-9-17(10-13(2)18-12)11-15(16)8-14-6-4-3-5-7-14/h3-8,12-13H,9-11H2,1-2H3/t12-,13+. The molecule has 1 aromatic rings. The van der Waals surface area contributed by atoms with E-state index in [4.69, 9.17) is 16.3 Å². The Kier molecular flexibility index (Phi) is 4.81. The highest BCUT2D eigenvalue weighted by molar-refractivity contribution is 6.31. The Bertz CT molecular complexity index is 394. The second-order valence-electron chi connectivity index (χ2n) is 4.95. The predicted octanol–water partition coefficient (Wildman–Crippen LogP) is 3.38. The maximum absolute atomic E-state index is 6.32. The predicted molar refractivity (Wildman–Crippen MR) is 76.7 cm³/mol. The van der Waals surface area contributed by atoms with E-state index >= 15 is 0 Å². The summed E-state index contributed by atoms with van der Waals surface area (Å²) in [6.45, 7) is 6.91. The minimum Gasteiger partial charge on any atom is -0.373 e. The zero-order valence-electron chi connectivity index (χ0n) is 11.0. The summed E-state index contributed by atoms with van der Waals surface area (Å²) in [5.41, 5.74) is 1.15. The molecule has 3 heteroatoms. The highest BCUT2D eigenvalue weighted by atomic mass is 35.5. The fraction of sp³-hybridized carbons (Fsp3) is 0.467. The topological polar surface area (TPSA) is 12.5 Å². The number of benzene rings is 1. The van der Waals surface area contributed by atoms with Crippen LogP contribution in [-0.4, -0.2) is 36.7 Å². The molecule has 1 aliphatic heterocycles. The maximum Gasteiger partial charge on any atom is 0.0678 e. The van der Waals surface area contributed by atoms with Crippen LogP contribution in [0.15, 0.2) is 35.4 Å². The van der Waals surface area contributed by atoms with Crippen molar-refractivity contribution in [3.63, 3.8) is 0 Å². The van der Waals surface area contributed by atoms with E-state index in [1.165, 1.54) is 0 Å². The van der Waals surface area contributed by atoms with E-state index in [1.807, 2.05) is 24.3 Å². The van der Waals surface area contributed by atoms with Crippen molar-refractivity contribution in [3.8, 4) is 0 Å². The van der Waals surface area contributed by atoms with Gasteiger partial charge in [-0.2, -0.15) is 0 Å². The van der Waals surface area contributed by atoms with Gasteiger partial charge in [0, 0.05) is 24.7 Å². The van der Waals surface area contributed by atoms with Crippen LogP contribution in [-0.2, 0) is 4.74 Å². The van der Waals surface area contributed by atoms with E-state index in [9.17, 15) is 0 Å². The smallest absolute Gasteiger partial charge is 0.0678 e. The summed E-state index contributed by atoms with van der Waals surface area (Å²) in [5, 5.41) is 0.877. The summed E-state index contributed by atoms with van der Waals surface area (Å²) in [6.07, 6.45) is 2.61. The van der Waals surface area contributed by atoms with Gasteiger partial charge in [0.2, 0.25) is 0 Å². The molecule has 0 N–H and O–H groups in total. The quantitative estimate of drug-likeness (QED) is 0.831. The van der Waals surface area contributed by atoms with Crippen molar-refractivity contribution < 1.29 is 4.74 Å². The van der Waals surface area contributed by atoms with Crippen molar-refractivity contribution in [2.75, 3.05) is 19.6 Å². The van der Waals surface area contributed by atoms with Crippen molar-refractivity contribution in [2.24, 2.45) is 0 Å². The fourth-order valence-electron chi connectivity index (χ4n) is 2.40. The molecule has 0 radical (unpaired) electrons. The molecule has 0 amide bonds. The number of rotatable bonds is 3. The van der Waals surface area contributed by atoms with E-state index in [0.717, 1.165) is 30.2 Å². The Labute approximate surface area is 114 Å². The van der Waals surface area contributed by atoms with Gasteiger partial charge in [-0.1, -0.05) is 41.9 Å². The van der Waals surface area contributed by atoms with Gasteiger partial charge in [0.1, 0.15) is 0 Å². The van der Waals surface area contributed by atoms with Crippen LogP contribution >= 0.6 is 11.6 Å². The second kappa shape index (κ2) is 6.37. The summed E-state index contributed by atoms with van der Waals surface area (Å²) in [6, 6.07) is 10.2. The number of nitrogens with zero attached hydrogens (tertiary/aromatic N) is 1. The van der Waals surface area contributed by atoms with Crippen LogP contribution in [0.4, 0.5) is 0 Å². The number of halogens is 1. The van der Waals surface area contributed by atoms with Crippen LogP contribution in [0, 0.1) is 0 Å². The van der Waals surface area contributed by atoms with Gasteiger partial charge in [-0.25, -0.2) is 0 Å². The van der Waals surface area contributed by atoms with Gasteiger partial charge in [-0.15, -0.1) is 0 Å². The highest BCUT2D eigenvalue weighted by Gasteiger charge is 2.22. The SMILES string of the molecule is C[C@@H]1CN(CC(Cl)=Cc2ccccc2)C[C@H](C)O1. The molecule has 0 unspecified atom stereocenters. The maximum atomic E-state index is 6.32. The van der Waals surface area contributed by atoms with Crippen LogP contribution in [0.3, 0.4) is 0 Å². The fourth-order valence-corrected chi connectivity index (χ4v) is 2.70. The summed E-state index contributed by atoms with van der Waals surface area (Å²) in [5.74, 6) is 0. The Hall–Kier alpha value is -0.830. The lowest BCUT2D eigenvalue weighted by Gasteiger charge is -2.35. The average molecular weight is 266 g/mol. The lowest BCUT2D eigenvalue weighted by Crippen LogP contribution is -2.45. The molecule has 2 rings (SSSR count). The van der Waals surface area contributed by atoms with Gasteiger partial charge >= 0.3 is 0 Å². The summed E-state index contributed by atoms with van der Waals surface area (Å²) < 4.78 is 5.71. The molecule has 0 aliphatic carbocycles. The third-order valence-corrected chi connectivity index (χ3v) is 3.22. The molecular formula is C15H20ClNO. The third-order valence-electron chi connectivity index (χ3n) is 2.99. The van der Waals surface area contributed by atoms with Crippen LogP contribution in [0.5, 0.6) is 0 Å². The third kappa shape index (κ3) is 4.13. The Balaban J connectivity index is 1.94. The molecule has 98 valence electrons. The molecule has 1 fully saturated rings. The van der Waals surface area contributed by atoms with Crippen molar-refractivity contribution in [3.05, 3.63) is 40.9 Å². The first-order valence-corrected chi connectivity index (χ1v) is 6.80. The van der Waals surface area contributed by atoms with E-state index in [-0.39, 0.29) is 12.2 Å². The van der Waals surface area contributed by atoms with E-state index in [0.29, 0.717) is 0 Å². The normalized spacial score (nSPS) is 26.3. The Morgan fingerprint density at radius 3 is 2.50 bits per heavy atom. The molecule has 0 aromatic heterocycles. The molecule has 1 aliphatic rings. The minimum absolute atomic E-state index is 0.287. The first kappa shape index (κ1) is 13.6. The summed E-state index contributed by atoms with van der Waals surface area (Å²) >= 11 is 6.32. The van der Waals surface area contributed by atoms with Gasteiger partial charge in [-0.05, 0) is 25.5 Å². The molecule has 1 heterocycles. The van der Waals surface area contributed by atoms with Crippen LogP contribution in [0.25, 0.3) is 6.08 Å². The number of hydrogen-bond acceptors (Lipinski definition) is 2. The number of hydrogen-bond donors (Lipinski definition) is 0. The van der Waals surface area contributed by atoms with Crippen molar-refractivity contribution in [1.29, 1.82) is 0 Å². The molecular weight excluding hydrogens is 246 g/mol. The van der Waals surface area contributed by atoms with Crippen molar-refractivity contribution in [1.82, 2.24) is 4.90 Å². The number of morpholine rings is 1. The summed E-state index contributed by atoms with van der Waals surface area (Å²) in [7, 11) is 0. The van der Waals surface area contributed by atoms with Gasteiger partial charge < -0.3 is 4.74 Å². The lowest BCUT2D eigenvalue weighted by atomic mass is 10.2. The van der Waals surface area contributed by atoms with Crippen LogP contribution < -0.4 is 0 Å². The van der Waals surface area contributed by atoms with Crippen molar-refractivity contribution >= 4 is 17.7 Å².